The van der Waals surface area contributed by atoms with Crippen LogP contribution in [0.15, 0.2) is 41.9 Å². The van der Waals surface area contributed by atoms with Crippen molar-refractivity contribution < 1.29 is 0 Å². The van der Waals surface area contributed by atoms with Gasteiger partial charge in [-0.15, -0.1) is 0 Å². The lowest BCUT2D eigenvalue weighted by atomic mass is 10.2. The van der Waals surface area contributed by atoms with E-state index in [1.54, 1.807) is 11.8 Å². The number of thioether (sulfide) groups is 1. The average Bonchev–Trinajstić information content (AvgIpc) is 2.55. The first-order valence-corrected chi connectivity index (χ1v) is 4.64. The zero-order chi connectivity index (χ0) is 8.44. The minimum absolute atomic E-state index is 0.457. The number of nitrogens with two attached hydrogens (primary N) is 1. The molecule has 0 bridgehead atoms. The van der Waals surface area contributed by atoms with Gasteiger partial charge in [0.05, 0.1) is 0 Å². The van der Waals surface area contributed by atoms with Crippen molar-refractivity contribution in [1.29, 1.82) is 0 Å². The first-order valence-electron chi connectivity index (χ1n) is 3.76. The lowest BCUT2D eigenvalue weighted by Gasteiger charge is -2.23. The summed E-state index contributed by atoms with van der Waals surface area (Å²) in [6, 6.07) is 10.0. The van der Waals surface area contributed by atoms with Crippen molar-refractivity contribution >= 4 is 11.8 Å². The molecular formula is C9H10N2S. The highest BCUT2D eigenvalue weighted by Gasteiger charge is 2.28. The molecule has 0 aliphatic carbocycles. The Kier molecular flexibility index (Phi) is 1.83. The summed E-state index contributed by atoms with van der Waals surface area (Å²) in [6.07, 6.45) is 1.87. The van der Waals surface area contributed by atoms with Crippen LogP contribution >= 0.6 is 11.8 Å². The third kappa shape index (κ3) is 1.21. The maximum absolute atomic E-state index is 6.07. The van der Waals surface area contributed by atoms with E-state index < -0.39 is 4.99 Å². The van der Waals surface area contributed by atoms with E-state index in [2.05, 4.69) is 5.32 Å². The normalized spacial score (nSPS) is 27.1. The lowest BCUT2D eigenvalue weighted by Crippen LogP contribution is -2.41. The standard InChI is InChI=1S/C9H10N2S/c10-9(11-6-7-12-9)8-4-2-1-3-5-8/h1-7,11H,10H2. The zero-order valence-electron chi connectivity index (χ0n) is 6.53. The van der Waals surface area contributed by atoms with Crippen LogP contribution in [-0.4, -0.2) is 0 Å². The van der Waals surface area contributed by atoms with Crippen LogP contribution in [0.3, 0.4) is 0 Å². The van der Waals surface area contributed by atoms with Gasteiger partial charge in [0.1, 0.15) is 0 Å². The van der Waals surface area contributed by atoms with Crippen LogP contribution in [0.1, 0.15) is 5.56 Å². The Labute approximate surface area is 75.8 Å². The molecule has 1 aromatic carbocycles. The Morgan fingerprint density at radius 3 is 2.58 bits per heavy atom. The smallest absolute Gasteiger partial charge is 0.164 e. The Morgan fingerprint density at radius 1 is 1.25 bits per heavy atom. The molecule has 0 saturated carbocycles. The molecule has 62 valence electrons. The fourth-order valence-electron chi connectivity index (χ4n) is 1.17. The third-order valence-corrected chi connectivity index (χ3v) is 2.82. The summed E-state index contributed by atoms with van der Waals surface area (Å²) in [7, 11) is 0. The summed E-state index contributed by atoms with van der Waals surface area (Å²) in [4.78, 5) is -0.457. The van der Waals surface area contributed by atoms with Gasteiger partial charge >= 0.3 is 0 Å². The number of rotatable bonds is 1. The third-order valence-electron chi connectivity index (χ3n) is 1.82. The van der Waals surface area contributed by atoms with Gasteiger partial charge in [0.25, 0.3) is 0 Å². The molecule has 2 rings (SSSR count). The van der Waals surface area contributed by atoms with E-state index in [0.29, 0.717) is 0 Å². The number of benzene rings is 1. The number of hydrogen-bond acceptors (Lipinski definition) is 3. The molecule has 1 aliphatic rings. The van der Waals surface area contributed by atoms with Crippen molar-refractivity contribution in [2.75, 3.05) is 0 Å². The Bertz CT molecular complexity index is 287. The fourth-order valence-corrected chi connectivity index (χ4v) is 1.93. The molecule has 0 saturated heterocycles. The summed E-state index contributed by atoms with van der Waals surface area (Å²) in [5.41, 5.74) is 7.17. The summed E-state index contributed by atoms with van der Waals surface area (Å²) >= 11 is 1.58. The molecule has 3 N–H and O–H groups in total. The highest BCUT2D eigenvalue weighted by molar-refractivity contribution is 8.03. The molecule has 1 unspecified atom stereocenters. The monoisotopic (exact) mass is 178 g/mol. The molecule has 12 heavy (non-hydrogen) atoms. The van der Waals surface area contributed by atoms with Crippen molar-refractivity contribution in [1.82, 2.24) is 5.32 Å². The summed E-state index contributed by atoms with van der Waals surface area (Å²) in [5.74, 6) is 0. The fraction of sp³-hybridized carbons (Fsp3) is 0.111. The molecule has 0 spiro atoms. The topological polar surface area (TPSA) is 38.0 Å². The molecule has 1 aromatic rings. The van der Waals surface area contributed by atoms with Crippen LogP contribution in [0.25, 0.3) is 0 Å². The Hall–Kier alpha value is -0.930. The van der Waals surface area contributed by atoms with Crippen LogP contribution in [0.4, 0.5) is 0 Å². The number of nitrogens with one attached hydrogen (secondary N) is 1. The molecule has 0 amide bonds. The first-order chi connectivity index (χ1) is 5.81. The predicted octanol–water partition coefficient (Wildman–Crippen LogP) is 1.56. The van der Waals surface area contributed by atoms with Crippen LogP contribution < -0.4 is 11.1 Å². The highest BCUT2D eigenvalue weighted by atomic mass is 32.2. The molecule has 0 fully saturated rings. The van der Waals surface area contributed by atoms with Crippen molar-refractivity contribution in [3.05, 3.63) is 47.5 Å². The minimum atomic E-state index is -0.457. The minimum Gasteiger partial charge on any atom is -0.361 e. The lowest BCUT2D eigenvalue weighted by molar-refractivity contribution is 0.599. The summed E-state index contributed by atoms with van der Waals surface area (Å²) in [5, 5.41) is 5.07. The van der Waals surface area contributed by atoms with E-state index in [0.717, 1.165) is 5.56 Å². The van der Waals surface area contributed by atoms with Gasteiger partial charge in [-0.3, -0.25) is 5.73 Å². The molecule has 1 aliphatic heterocycles. The van der Waals surface area contributed by atoms with Gasteiger partial charge in [0.15, 0.2) is 4.99 Å². The van der Waals surface area contributed by atoms with Gasteiger partial charge in [-0.2, -0.15) is 0 Å². The largest absolute Gasteiger partial charge is 0.361 e. The predicted molar refractivity (Wildman–Crippen MR) is 52.2 cm³/mol. The van der Waals surface area contributed by atoms with Gasteiger partial charge < -0.3 is 5.32 Å². The molecule has 1 atom stereocenters. The van der Waals surface area contributed by atoms with E-state index in [-0.39, 0.29) is 0 Å². The first kappa shape index (κ1) is 7.71. The summed E-state index contributed by atoms with van der Waals surface area (Å²) < 4.78 is 0. The molecule has 0 radical (unpaired) electrons. The zero-order valence-corrected chi connectivity index (χ0v) is 7.34. The maximum Gasteiger partial charge on any atom is 0.164 e. The van der Waals surface area contributed by atoms with E-state index >= 15 is 0 Å². The van der Waals surface area contributed by atoms with Gasteiger partial charge in [0.2, 0.25) is 0 Å². The van der Waals surface area contributed by atoms with Crippen LogP contribution in [0, 0.1) is 0 Å². The number of hydrogen-bond donors (Lipinski definition) is 2. The SMILES string of the molecule is NC1(c2ccccc2)NC=CS1. The van der Waals surface area contributed by atoms with Crippen molar-refractivity contribution in [2.45, 2.75) is 4.99 Å². The van der Waals surface area contributed by atoms with E-state index in [1.165, 1.54) is 0 Å². The van der Waals surface area contributed by atoms with Crippen molar-refractivity contribution in [3.8, 4) is 0 Å². The van der Waals surface area contributed by atoms with Crippen molar-refractivity contribution in [2.24, 2.45) is 5.73 Å². The van der Waals surface area contributed by atoms with E-state index in [9.17, 15) is 0 Å². The van der Waals surface area contributed by atoms with Gasteiger partial charge in [-0.25, -0.2) is 0 Å². The highest BCUT2D eigenvalue weighted by Crippen LogP contribution is 2.32. The second-order valence-corrected chi connectivity index (χ2v) is 3.82. The van der Waals surface area contributed by atoms with Gasteiger partial charge in [0, 0.05) is 11.8 Å². The quantitative estimate of drug-likeness (QED) is 0.685. The van der Waals surface area contributed by atoms with Gasteiger partial charge in [-0.05, 0) is 5.41 Å². The van der Waals surface area contributed by atoms with E-state index in [1.807, 2.05) is 41.9 Å². The molecule has 3 heteroatoms. The van der Waals surface area contributed by atoms with Crippen molar-refractivity contribution in [3.63, 3.8) is 0 Å². The van der Waals surface area contributed by atoms with Gasteiger partial charge in [-0.1, -0.05) is 42.1 Å². The second-order valence-electron chi connectivity index (χ2n) is 2.67. The maximum atomic E-state index is 6.07. The summed E-state index contributed by atoms with van der Waals surface area (Å²) in [6.45, 7) is 0. The Balaban J connectivity index is 2.31. The molecule has 0 aromatic heterocycles. The van der Waals surface area contributed by atoms with Crippen LogP contribution in [-0.2, 0) is 4.99 Å². The molecule has 1 heterocycles. The van der Waals surface area contributed by atoms with Crippen LogP contribution in [0.2, 0.25) is 0 Å². The average molecular weight is 178 g/mol. The van der Waals surface area contributed by atoms with Crippen LogP contribution in [0.5, 0.6) is 0 Å². The molecule has 2 nitrogen and oxygen atoms in total. The van der Waals surface area contributed by atoms with E-state index in [4.69, 9.17) is 5.73 Å². The molecular weight excluding hydrogens is 168 g/mol. The Morgan fingerprint density at radius 2 is 2.00 bits per heavy atom. The second kappa shape index (κ2) is 2.84.